The zero-order valence-electron chi connectivity index (χ0n) is 13.4. The van der Waals surface area contributed by atoms with Crippen molar-refractivity contribution in [3.63, 3.8) is 0 Å². The summed E-state index contributed by atoms with van der Waals surface area (Å²) in [6, 6.07) is 2.07. The number of rotatable bonds is 0. The fourth-order valence-electron chi connectivity index (χ4n) is 4.40. The van der Waals surface area contributed by atoms with E-state index in [0.29, 0.717) is 0 Å². The Labute approximate surface area is 130 Å². The van der Waals surface area contributed by atoms with Crippen LogP contribution in [0.25, 0.3) is 0 Å². The standard InChI is InChI=1S/C18H19N3O/c1-6-13-12-7-8-14-17(2,3)16(22)11(10-19)9-18(14,4)15(12)20-21(13)5/h1,9,14H,7-8H2,2-5H3. The second kappa shape index (κ2) is 4.34. The Morgan fingerprint density at radius 3 is 2.73 bits per heavy atom. The zero-order valence-corrected chi connectivity index (χ0v) is 13.4. The molecule has 4 heteroatoms. The Hall–Kier alpha value is -2.33. The molecule has 0 saturated carbocycles. The van der Waals surface area contributed by atoms with E-state index in [4.69, 9.17) is 6.42 Å². The summed E-state index contributed by atoms with van der Waals surface area (Å²) < 4.78 is 1.74. The third-order valence-electron chi connectivity index (χ3n) is 5.46. The number of carbonyl (C=O) groups excluding carboxylic acids is 1. The molecule has 1 heterocycles. The molecule has 0 fully saturated rings. The number of ketones is 1. The Morgan fingerprint density at radius 2 is 2.14 bits per heavy atom. The van der Waals surface area contributed by atoms with Crippen LogP contribution >= 0.6 is 0 Å². The molecule has 22 heavy (non-hydrogen) atoms. The second-order valence-electron chi connectivity index (χ2n) is 7.04. The molecule has 3 rings (SSSR count). The smallest absolute Gasteiger partial charge is 0.178 e. The SMILES string of the molecule is C#Cc1c2c(nn1C)C1(C)C=C(C#N)C(=O)C(C)(C)C1CC2. The average molecular weight is 293 g/mol. The van der Waals surface area contributed by atoms with Gasteiger partial charge in [0.25, 0.3) is 0 Å². The van der Waals surface area contributed by atoms with Crippen LogP contribution < -0.4 is 0 Å². The predicted octanol–water partition coefficient (Wildman–Crippen LogP) is 2.28. The first-order valence-electron chi connectivity index (χ1n) is 7.48. The number of aryl methyl sites for hydroxylation is 1. The second-order valence-corrected chi connectivity index (χ2v) is 7.04. The number of aromatic nitrogens is 2. The highest BCUT2D eigenvalue weighted by Crippen LogP contribution is 2.54. The number of terminal acetylenes is 1. The van der Waals surface area contributed by atoms with Gasteiger partial charge in [0.15, 0.2) is 5.78 Å². The van der Waals surface area contributed by atoms with Crippen LogP contribution in [-0.4, -0.2) is 15.6 Å². The molecule has 0 spiro atoms. The van der Waals surface area contributed by atoms with Crippen LogP contribution in [0.1, 0.15) is 44.1 Å². The molecule has 2 atom stereocenters. The third-order valence-corrected chi connectivity index (χ3v) is 5.46. The molecule has 0 bridgehead atoms. The lowest BCUT2D eigenvalue weighted by Gasteiger charge is -2.49. The molecule has 1 aromatic heterocycles. The van der Waals surface area contributed by atoms with Crippen LogP contribution in [0.15, 0.2) is 11.6 Å². The van der Waals surface area contributed by atoms with Gasteiger partial charge in [0.05, 0.1) is 11.3 Å². The van der Waals surface area contributed by atoms with Gasteiger partial charge in [0.1, 0.15) is 11.8 Å². The van der Waals surface area contributed by atoms with E-state index in [0.717, 1.165) is 29.8 Å². The highest BCUT2D eigenvalue weighted by molar-refractivity contribution is 6.04. The number of Topliss-reactive ketones (excluding diaryl/α,β-unsaturated/α-hetero) is 1. The topological polar surface area (TPSA) is 58.7 Å². The van der Waals surface area contributed by atoms with Gasteiger partial charge in [-0.15, -0.1) is 6.42 Å². The van der Waals surface area contributed by atoms with Crippen LogP contribution in [0.3, 0.4) is 0 Å². The molecule has 0 aliphatic heterocycles. The zero-order chi connectivity index (χ0) is 16.3. The Morgan fingerprint density at radius 1 is 1.45 bits per heavy atom. The average Bonchev–Trinajstić information content (AvgIpc) is 2.80. The fraction of sp³-hybridized carbons (Fsp3) is 0.500. The number of nitriles is 1. The molecule has 1 aromatic rings. The third kappa shape index (κ3) is 1.58. The van der Waals surface area contributed by atoms with Crippen LogP contribution in [-0.2, 0) is 23.7 Å². The van der Waals surface area contributed by atoms with Crippen molar-refractivity contribution in [1.82, 2.24) is 9.78 Å². The molecule has 0 saturated heterocycles. The highest BCUT2D eigenvalue weighted by Gasteiger charge is 2.55. The normalized spacial score (nSPS) is 28.9. The summed E-state index contributed by atoms with van der Waals surface area (Å²) in [5.41, 5.74) is 2.05. The summed E-state index contributed by atoms with van der Waals surface area (Å²) in [7, 11) is 1.85. The van der Waals surface area contributed by atoms with Crippen LogP contribution in [0.5, 0.6) is 0 Å². The van der Waals surface area contributed by atoms with Crippen molar-refractivity contribution >= 4 is 5.78 Å². The molecular formula is C18H19N3O. The summed E-state index contributed by atoms with van der Waals surface area (Å²) in [4.78, 5) is 12.6. The van der Waals surface area contributed by atoms with E-state index in [1.54, 1.807) is 4.68 Å². The predicted molar refractivity (Wildman–Crippen MR) is 82.8 cm³/mol. The maximum atomic E-state index is 12.6. The molecule has 4 nitrogen and oxygen atoms in total. The van der Waals surface area contributed by atoms with E-state index in [2.05, 4.69) is 24.0 Å². The van der Waals surface area contributed by atoms with Gasteiger partial charge < -0.3 is 0 Å². The lowest BCUT2D eigenvalue weighted by atomic mass is 9.52. The van der Waals surface area contributed by atoms with Gasteiger partial charge >= 0.3 is 0 Å². The molecule has 0 N–H and O–H groups in total. The van der Waals surface area contributed by atoms with E-state index in [1.165, 1.54) is 0 Å². The van der Waals surface area contributed by atoms with Crippen molar-refractivity contribution in [3.05, 3.63) is 28.6 Å². The summed E-state index contributed by atoms with van der Waals surface area (Å²) in [5.74, 6) is 2.78. The summed E-state index contributed by atoms with van der Waals surface area (Å²) >= 11 is 0. The van der Waals surface area contributed by atoms with Crippen molar-refractivity contribution in [1.29, 1.82) is 5.26 Å². The van der Waals surface area contributed by atoms with E-state index in [9.17, 15) is 10.1 Å². The quantitative estimate of drug-likeness (QED) is 0.690. The molecule has 0 radical (unpaired) electrons. The monoisotopic (exact) mass is 293 g/mol. The largest absolute Gasteiger partial charge is 0.293 e. The van der Waals surface area contributed by atoms with Gasteiger partial charge in [-0.2, -0.15) is 10.4 Å². The molecule has 2 aliphatic carbocycles. The number of hydrogen-bond acceptors (Lipinski definition) is 3. The molecule has 0 aromatic carbocycles. The Bertz CT molecular complexity index is 798. The Balaban J connectivity index is 2.32. The van der Waals surface area contributed by atoms with Crippen molar-refractivity contribution in [2.24, 2.45) is 18.4 Å². The molecule has 2 unspecified atom stereocenters. The van der Waals surface area contributed by atoms with Crippen LogP contribution in [0.2, 0.25) is 0 Å². The van der Waals surface area contributed by atoms with Gasteiger partial charge in [0, 0.05) is 23.4 Å². The van der Waals surface area contributed by atoms with Crippen LogP contribution in [0.4, 0.5) is 0 Å². The lowest BCUT2D eigenvalue weighted by Crippen LogP contribution is -2.51. The fourth-order valence-corrected chi connectivity index (χ4v) is 4.40. The van der Waals surface area contributed by atoms with E-state index in [-0.39, 0.29) is 17.3 Å². The van der Waals surface area contributed by atoms with E-state index >= 15 is 0 Å². The molecule has 112 valence electrons. The van der Waals surface area contributed by atoms with E-state index in [1.807, 2.05) is 27.0 Å². The van der Waals surface area contributed by atoms with Crippen LogP contribution in [0, 0.1) is 35.0 Å². The van der Waals surface area contributed by atoms with Gasteiger partial charge in [-0.1, -0.05) is 32.8 Å². The van der Waals surface area contributed by atoms with Crippen molar-refractivity contribution in [3.8, 4) is 18.4 Å². The molecule has 0 amide bonds. The summed E-state index contributed by atoms with van der Waals surface area (Å²) in [6.07, 6.45) is 9.14. The van der Waals surface area contributed by atoms with Crippen molar-refractivity contribution in [2.75, 3.05) is 0 Å². The molecular weight excluding hydrogens is 274 g/mol. The number of nitrogens with zero attached hydrogens (tertiary/aromatic N) is 3. The molecule has 2 aliphatic rings. The maximum Gasteiger partial charge on any atom is 0.178 e. The Kier molecular flexibility index (Phi) is 2.88. The van der Waals surface area contributed by atoms with Gasteiger partial charge in [0.2, 0.25) is 0 Å². The van der Waals surface area contributed by atoms with Gasteiger partial charge in [-0.25, -0.2) is 0 Å². The first-order chi connectivity index (χ1) is 10.3. The number of hydrogen-bond donors (Lipinski definition) is 0. The van der Waals surface area contributed by atoms with Crippen molar-refractivity contribution < 1.29 is 4.79 Å². The minimum Gasteiger partial charge on any atom is -0.293 e. The number of allylic oxidation sites excluding steroid dienone is 2. The van der Waals surface area contributed by atoms with Crippen molar-refractivity contribution in [2.45, 2.75) is 39.0 Å². The van der Waals surface area contributed by atoms with Gasteiger partial charge in [-0.05, 0) is 18.8 Å². The minimum absolute atomic E-state index is 0.0611. The van der Waals surface area contributed by atoms with E-state index < -0.39 is 10.8 Å². The lowest BCUT2D eigenvalue weighted by molar-refractivity contribution is -0.128. The number of fused-ring (bicyclic) bond motifs is 3. The van der Waals surface area contributed by atoms with Gasteiger partial charge in [-0.3, -0.25) is 9.48 Å². The summed E-state index contributed by atoms with van der Waals surface area (Å²) in [6.45, 7) is 5.96. The minimum atomic E-state index is -0.569. The number of carbonyl (C=O) groups is 1. The first-order valence-corrected chi connectivity index (χ1v) is 7.48. The maximum absolute atomic E-state index is 12.6. The highest BCUT2D eigenvalue weighted by atomic mass is 16.1. The summed E-state index contributed by atoms with van der Waals surface area (Å²) in [5, 5.41) is 14.0. The first kappa shape index (κ1) is 14.6.